The monoisotopic (exact) mass is 270 g/mol. The average Bonchev–Trinajstić information content (AvgIpc) is 2.37. The molecule has 6 nitrogen and oxygen atoms in total. The summed E-state index contributed by atoms with van der Waals surface area (Å²) >= 11 is 0. The third-order valence-corrected chi connectivity index (χ3v) is 4.45. The molecular weight excluding hydrogens is 248 g/mol. The number of urea groups is 1. The predicted molar refractivity (Wildman–Crippen MR) is 68.9 cm³/mol. The van der Waals surface area contributed by atoms with Crippen LogP contribution in [-0.2, 0) is 9.53 Å². The van der Waals surface area contributed by atoms with E-state index in [9.17, 15) is 9.59 Å². The molecule has 1 aliphatic heterocycles. The summed E-state index contributed by atoms with van der Waals surface area (Å²) < 4.78 is 5.12. The van der Waals surface area contributed by atoms with Crippen molar-refractivity contribution in [3.8, 4) is 0 Å². The molecule has 1 saturated carbocycles. The normalized spacial score (nSPS) is 25.5. The van der Waals surface area contributed by atoms with Crippen LogP contribution in [0, 0.1) is 5.41 Å². The van der Waals surface area contributed by atoms with Gasteiger partial charge in [-0.1, -0.05) is 13.3 Å². The quantitative estimate of drug-likeness (QED) is 0.800. The first kappa shape index (κ1) is 14.1. The van der Waals surface area contributed by atoms with Crippen molar-refractivity contribution < 1.29 is 19.4 Å². The summed E-state index contributed by atoms with van der Waals surface area (Å²) in [5.74, 6) is -1.01. The molecule has 1 heterocycles. The van der Waals surface area contributed by atoms with Gasteiger partial charge in [-0.15, -0.1) is 0 Å². The van der Waals surface area contributed by atoms with Crippen LogP contribution in [0.2, 0.25) is 0 Å². The maximum Gasteiger partial charge on any atom is 0.328 e. The zero-order chi connectivity index (χ0) is 13.9. The smallest absolute Gasteiger partial charge is 0.328 e. The summed E-state index contributed by atoms with van der Waals surface area (Å²) in [5.41, 5.74) is 0.237. The third kappa shape index (κ3) is 3.00. The van der Waals surface area contributed by atoms with Gasteiger partial charge in [-0.25, -0.2) is 9.59 Å². The minimum absolute atomic E-state index is 0.0711. The van der Waals surface area contributed by atoms with Crippen molar-refractivity contribution in [2.45, 2.75) is 38.6 Å². The molecule has 0 aromatic heterocycles. The molecule has 1 aliphatic carbocycles. The van der Waals surface area contributed by atoms with E-state index in [0.717, 1.165) is 19.3 Å². The van der Waals surface area contributed by atoms with Crippen LogP contribution < -0.4 is 5.32 Å². The zero-order valence-corrected chi connectivity index (χ0v) is 11.4. The number of carbonyl (C=O) groups excluding carboxylic acids is 1. The van der Waals surface area contributed by atoms with Crippen molar-refractivity contribution in [2.75, 3.05) is 26.3 Å². The number of ether oxygens (including phenoxy) is 1. The molecule has 1 saturated heterocycles. The van der Waals surface area contributed by atoms with Gasteiger partial charge in [0, 0.05) is 13.1 Å². The lowest BCUT2D eigenvalue weighted by Gasteiger charge is -2.42. The Labute approximate surface area is 113 Å². The van der Waals surface area contributed by atoms with Crippen LogP contribution >= 0.6 is 0 Å². The molecule has 0 aromatic rings. The van der Waals surface area contributed by atoms with E-state index in [2.05, 4.69) is 12.2 Å². The third-order valence-electron chi connectivity index (χ3n) is 4.45. The number of carboxylic acid groups (broad SMARTS) is 1. The Morgan fingerprint density at radius 2 is 2.21 bits per heavy atom. The standard InChI is InChI=1S/C13H22N2O4/c1-2-13(4-3-5-13)9-14-12(18)15-6-7-19-8-10(15)11(16)17/h10H,2-9H2,1H3,(H,14,18)(H,16,17). The average molecular weight is 270 g/mol. The molecule has 0 radical (unpaired) electrons. The van der Waals surface area contributed by atoms with Crippen molar-refractivity contribution in [2.24, 2.45) is 5.41 Å². The summed E-state index contributed by atoms with van der Waals surface area (Å²) in [4.78, 5) is 24.6. The molecule has 19 heavy (non-hydrogen) atoms. The first-order valence-electron chi connectivity index (χ1n) is 6.93. The van der Waals surface area contributed by atoms with Gasteiger partial charge >= 0.3 is 12.0 Å². The first-order chi connectivity index (χ1) is 9.08. The van der Waals surface area contributed by atoms with Crippen molar-refractivity contribution in [3.05, 3.63) is 0 Å². The number of rotatable bonds is 4. The van der Waals surface area contributed by atoms with E-state index in [-0.39, 0.29) is 18.1 Å². The molecule has 1 unspecified atom stereocenters. The molecule has 2 amide bonds. The van der Waals surface area contributed by atoms with E-state index in [0.29, 0.717) is 19.7 Å². The Bertz CT molecular complexity index is 349. The van der Waals surface area contributed by atoms with Crippen molar-refractivity contribution >= 4 is 12.0 Å². The van der Waals surface area contributed by atoms with Gasteiger partial charge in [0.1, 0.15) is 0 Å². The maximum atomic E-state index is 12.1. The van der Waals surface area contributed by atoms with E-state index in [1.165, 1.54) is 11.3 Å². The van der Waals surface area contributed by atoms with Gasteiger partial charge < -0.3 is 20.1 Å². The number of morpholine rings is 1. The summed E-state index contributed by atoms with van der Waals surface area (Å²) in [7, 11) is 0. The molecular formula is C13H22N2O4. The molecule has 2 N–H and O–H groups in total. The Morgan fingerprint density at radius 3 is 2.74 bits per heavy atom. The highest BCUT2D eigenvalue weighted by Gasteiger charge is 2.37. The number of nitrogens with one attached hydrogen (secondary N) is 1. The van der Waals surface area contributed by atoms with Crippen LogP contribution in [0.5, 0.6) is 0 Å². The van der Waals surface area contributed by atoms with Crippen LogP contribution in [-0.4, -0.2) is 54.4 Å². The Kier molecular flexibility index (Phi) is 4.29. The minimum atomic E-state index is -1.01. The van der Waals surface area contributed by atoms with Gasteiger partial charge in [0.25, 0.3) is 0 Å². The summed E-state index contributed by atoms with van der Waals surface area (Å²) in [6.07, 6.45) is 4.57. The van der Waals surface area contributed by atoms with Crippen molar-refractivity contribution in [3.63, 3.8) is 0 Å². The number of hydrogen-bond acceptors (Lipinski definition) is 3. The second-order valence-corrected chi connectivity index (χ2v) is 5.49. The predicted octanol–water partition coefficient (Wildman–Crippen LogP) is 1.06. The number of hydrogen-bond donors (Lipinski definition) is 2. The Hall–Kier alpha value is -1.30. The SMILES string of the molecule is CCC1(CNC(=O)N2CCOCC2C(=O)O)CCC1. The van der Waals surface area contributed by atoms with Gasteiger partial charge in [0.05, 0.1) is 13.2 Å². The minimum Gasteiger partial charge on any atom is -0.480 e. The molecule has 2 rings (SSSR count). The van der Waals surface area contributed by atoms with Gasteiger partial charge in [-0.05, 0) is 24.7 Å². The van der Waals surface area contributed by atoms with Gasteiger partial charge in [0.15, 0.2) is 6.04 Å². The van der Waals surface area contributed by atoms with E-state index in [1.54, 1.807) is 0 Å². The lowest BCUT2D eigenvalue weighted by atomic mass is 9.67. The number of carbonyl (C=O) groups is 2. The van der Waals surface area contributed by atoms with E-state index in [1.807, 2.05) is 0 Å². The summed E-state index contributed by atoms with van der Waals surface area (Å²) in [5, 5.41) is 12.0. The summed E-state index contributed by atoms with van der Waals surface area (Å²) in [6.45, 7) is 3.59. The Balaban J connectivity index is 1.89. The lowest BCUT2D eigenvalue weighted by Crippen LogP contribution is -2.57. The largest absolute Gasteiger partial charge is 0.480 e. The van der Waals surface area contributed by atoms with Crippen LogP contribution in [0.1, 0.15) is 32.6 Å². The van der Waals surface area contributed by atoms with E-state index >= 15 is 0 Å². The molecule has 6 heteroatoms. The first-order valence-corrected chi connectivity index (χ1v) is 6.93. The number of nitrogens with zero attached hydrogens (tertiary/aromatic N) is 1. The fourth-order valence-electron chi connectivity index (χ4n) is 2.75. The molecule has 2 fully saturated rings. The Morgan fingerprint density at radius 1 is 1.47 bits per heavy atom. The molecule has 1 atom stereocenters. The van der Waals surface area contributed by atoms with E-state index in [4.69, 9.17) is 9.84 Å². The molecule has 2 aliphatic rings. The molecule has 108 valence electrons. The fraction of sp³-hybridized carbons (Fsp3) is 0.846. The van der Waals surface area contributed by atoms with Gasteiger partial charge in [0.2, 0.25) is 0 Å². The molecule has 0 aromatic carbocycles. The van der Waals surface area contributed by atoms with Crippen LogP contribution in [0.4, 0.5) is 4.79 Å². The lowest BCUT2D eigenvalue weighted by molar-refractivity contribution is -0.147. The second kappa shape index (κ2) is 5.77. The van der Waals surface area contributed by atoms with Crippen molar-refractivity contribution in [1.82, 2.24) is 10.2 Å². The highest BCUT2D eigenvalue weighted by Crippen LogP contribution is 2.43. The van der Waals surface area contributed by atoms with Gasteiger partial charge in [-0.2, -0.15) is 0 Å². The molecule has 0 bridgehead atoms. The highest BCUT2D eigenvalue weighted by molar-refractivity contribution is 5.83. The van der Waals surface area contributed by atoms with Crippen LogP contribution in [0.25, 0.3) is 0 Å². The molecule has 0 spiro atoms. The van der Waals surface area contributed by atoms with Crippen molar-refractivity contribution in [1.29, 1.82) is 0 Å². The number of aliphatic carboxylic acids is 1. The van der Waals surface area contributed by atoms with Crippen LogP contribution in [0.3, 0.4) is 0 Å². The van der Waals surface area contributed by atoms with Crippen LogP contribution in [0.15, 0.2) is 0 Å². The van der Waals surface area contributed by atoms with Gasteiger partial charge in [-0.3, -0.25) is 0 Å². The maximum absolute atomic E-state index is 12.1. The zero-order valence-electron chi connectivity index (χ0n) is 11.4. The number of carboxylic acids is 1. The number of amides is 2. The topological polar surface area (TPSA) is 78.9 Å². The fourth-order valence-corrected chi connectivity index (χ4v) is 2.75. The van der Waals surface area contributed by atoms with E-state index < -0.39 is 12.0 Å². The summed E-state index contributed by atoms with van der Waals surface area (Å²) in [6, 6.07) is -1.15. The highest BCUT2D eigenvalue weighted by atomic mass is 16.5. The second-order valence-electron chi connectivity index (χ2n) is 5.49.